The van der Waals surface area contributed by atoms with Gasteiger partial charge in [-0.15, -0.1) is 0 Å². The average Bonchev–Trinajstić information content (AvgIpc) is 2.88. The first-order chi connectivity index (χ1) is 8.13. The molecular formula is C10H11N4O3Rb. The SMILES string of the molecule is COCc1cc(C(=O)c2c[nH]n(C)c2=O)[n-]n1.[Rb+]. The summed E-state index contributed by atoms with van der Waals surface area (Å²) < 4.78 is 6.09. The van der Waals surface area contributed by atoms with Crippen molar-refractivity contribution in [2.75, 3.05) is 7.11 Å². The molecule has 0 radical (unpaired) electrons. The Hall–Kier alpha value is -0.345. The van der Waals surface area contributed by atoms with Crippen molar-refractivity contribution in [1.29, 1.82) is 0 Å². The van der Waals surface area contributed by atoms with Gasteiger partial charge in [-0.3, -0.25) is 14.3 Å². The Morgan fingerprint density at radius 1 is 1.61 bits per heavy atom. The van der Waals surface area contributed by atoms with Crippen molar-refractivity contribution < 1.29 is 67.7 Å². The van der Waals surface area contributed by atoms with Crippen LogP contribution in [-0.2, 0) is 18.4 Å². The number of rotatable bonds is 4. The molecule has 0 atom stereocenters. The first-order valence-corrected chi connectivity index (χ1v) is 4.91. The van der Waals surface area contributed by atoms with E-state index in [1.807, 2.05) is 0 Å². The van der Waals surface area contributed by atoms with Crippen molar-refractivity contribution in [2.45, 2.75) is 6.61 Å². The molecule has 90 valence electrons. The number of hydrogen-bond donors (Lipinski definition) is 1. The maximum absolute atomic E-state index is 11.9. The number of methoxy groups -OCH3 is 1. The van der Waals surface area contributed by atoms with Crippen LogP contribution in [0.5, 0.6) is 0 Å². The zero-order valence-corrected chi connectivity index (χ0v) is 15.3. The first-order valence-electron chi connectivity index (χ1n) is 4.91. The minimum Gasteiger partial charge on any atom is -0.572 e. The van der Waals surface area contributed by atoms with Crippen LogP contribution in [-0.4, -0.2) is 27.8 Å². The van der Waals surface area contributed by atoms with Crippen molar-refractivity contribution in [3.05, 3.63) is 39.6 Å². The molecule has 0 fully saturated rings. The number of ketones is 1. The van der Waals surface area contributed by atoms with E-state index in [9.17, 15) is 9.59 Å². The van der Waals surface area contributed by atoms with E-state index >= 15 is 0 Å². The summed E-state index contributed by atoms with van der Waals surface area (Å²) in [6.45, 7) is 0.283. The van der Waals surface area contributed by atoms with Gasteiger partial charge in [0.15, 0.2) is 5.78 Å². The van der Waals surface area contributed by atoms with Crippen LogP contribution >= 0.6 is 0 Å². The van der Waals surface area contributed by atoms with Gasteiger partial charge in [-0.2, -0.15) is 0 Å². The molecule has 0 bridgehead atoms. The van der Waals surface area contributed by atoms with E-state index in [1.54, 1.807) is 0 Å². The van der Waals surface area contributed by atoms with Crippen molar-refractivity contribution in [3.63, 3.8) is 0 Å². The summed E-state index contributed by atoms with van der Waals surface area (Å²) in [6, 6.07) is 1.51. The van der Waals surface area contributed by atoms with Crippen LogP contribution in [0, 0.1) is 0 Å². The number of aryl methyl sites for hydroxylation is 1. The molecule has 8 heteroatoms. The second-order valence-electron chi connectivity index (χ2n) is 3.53. The maximum Gasteiger partial charge on any atom is 1.00 e. The summed E-state index contributed by atoms with van der Waals surface area (Å²) in [6.07, 6.45) is 1.36. The Morgan fingerprint density at radius 3 is 2.89 bits per heavy atom. The third kappa shape index (κ3) is 3.15. The second kappa shape index (κ2) is 6.72. The van der Waals surface area contributed by atoms with Gasteiger partial charge in [-0.1, -0.05) is 5.69 Å². The molecule has 0 aliphatic rings. The fourth-order valence-electron chi connectivity index (χ4n) is 1.43. The molecule has 2 aromatic rings. The van der Waals surface area contributed by atoms with Gasteiger partial charge in [0, 0.05) is 26.0 Å². The van der Waals surface area contributed by atoms with E-state index in [-0.39, 0.29) is 81.6 Å². The van der Waals surface area contributed by atoms with Crippen LogP contribution in [0.1, 0.15) is 21.7 Å². The Kier molecular flexibility index (Phi) is 5.86. The Balaban J connectivity index is 0.00000162. The fraction of sp³-hybridized carbons (Fsp3) is 0.300. The number of H-pyrrole nitrogens is 1. The minimum absolute atomic E-state index is 0. The molecule has 0 aliphatic heterocycles. The summed E-state index contributed by atoms with van der Waals surface area (Å²) in [4.78, 5) is 23.5. The molecular weight excluding hydrogens is 310 g/mol. The summed E-state index contributed by atoms with van der Waals surface area (Å²) in [7, 11) is 3.06. The summed E-state index contributed by atoms with van der Waals surface area (Å²) in [5, 5.41) is 10.1. The third-order valence-corrected chi connectivity index (χ3v) is 2.30. The van der Waals surface area contributed by atoms with E-state index in [0.717, 1.165) is 0 Å². The smallest absolute Gasteiger partial charge is 0.572 e. The van der Waals surface area contributed by atoms with Crippen molar-refractivity contribution in [2.24, 2.45) is 7.05 Å². The van der Waals surface area contributed by atoms with Gasteiger partial charge < -0.3 is 20.0 Å². The van der Waals surface area contributed by atoms with E-state index in [4.69, 9.17) is 4.74 Å². The Labute approximate surface area is 152 Å². The topological polar surface area (TPSA) is 91.1 Å². The number of aromatic nitrogens is 4. The minimum atomic E-state index is -0.443. The van der Waals surface area contributed by atoms with Crippen LogP contribution in [0.2, 0.25) is 0 Å². The van der Waals surface area contributed by atoms with Gasteiger partial charge in [-0.25, -0.2) is 0 Å². The summed E-state index contributed by atoms with van der Waals surface area (Å²) in [5.41, 5.74) is 0.375. The predicted molar refractivity (Wildman–Crippen MR) is 57.7 cm³/mol. The maximum atomic E-state index is 11.9. The Morgan fingerprint density at radius 2 is 2.33 bits per heavy atom. The normalized spacial score (nSPS) is 10.1. The van der Waals surface area contributed by atoms with Crippen LogP contribution in [0.25, 0.3) is 0 Å². The van der Waals surface area contributed by atoms with Gasteiger partial charge in [-0.05, 0) is 6.07 Å². The molecule has 0 aromatic carbocycles. The molecule has 0 saturated carbocycles. The van der Waals surface area contributed by atoms with E-state index < -0.39 is 5.78 Å². The van der Waals surface area contributed by atoms with Crippen LogP contribution in [0.4, 0.5) is 0 Å². The molecule has 7 nitrogen and oxygen atoms in total. The zero-order chi connectivity index (χ0) is 12.4. The van der Waals surface area contributed by atoms with Gasteiger partial charge in [0.25, 0.3) is 5.56 Å². The first kappa shape index (κ1) is 15.7. The van der Waals surface area contributed by atoms with Gasteiger partial charge in [0.05, 0.1) is 6.61 Å². The molecule has 2 rings (SSSR count). The van der Waals surface area contributed by atoms with Gasteiger partial charge >= 0.3 is 58.2 Å². The van der Waals surface area contributed by atoms with Crippen molar-refractivity contribution >= 4 is 5.78 Å². The number of carbonyl (C=O) groups excluding carboxylic acids is 1. The molecule has 2 aromatic heterocycles. The molecule has 0 amide bonds. The Bertz CT molecular complexity index is 598. The van der Waals surface area contributed by atoms with E-state index in [1.165, 1.54) is 31.1 Å². The predicted octanol–water partition coefficient (Wildman–Crippen LogP) is -3.55. The van der Waals surface area contributed by atoms with Crippen LogP contribution < -0.4 is 68.8 Å². The van der Waals surface area contributed by atoms with Gasteiger partial charge in [0.1, 0.15) is 5.56 Å². The number of ether oxygens (including phenoxy) is 1. The summed E-state index contributed by atoms with van der Waals surface area (Å²) in [5.74, 6) is -0.443. The largest absolute Gasteiger partial charge is 1.00 e. The molecule has 0 unspecified atom stereocenters. The number of nitrogens with one attached hydrogen (secondary N) is 1. The molecule has 0 aliphatic carbocycles. The number of hydrogen-bond acceptors (Lipinski definition) is 4. The molecule has 18 heavy (non-hydrogen) atoms. The number of nitrogens with zero attached hydrogens (tertiary/aromatic N) is 3. The quantitative estimate of drug-likeness (QED) is 0.589. The zero-order valence-electron chi connectivity index (χ0n) is 10.4. The van der Waals surface area contributed by atoms with Crippen LogP contribution in [0.3, 0.4) is 0 Å². The molecule has 2 heterocycles. The van der Waals surface area contributed by atoms with Crippen molar-refractivity contribution in [1.82, 2.24) is 20.0 Å². The van der Waals surface area contributed by atoms with E-state index in [0.29, 0.717) is 5.69 Å². The molecule has 0 saturated heterocycles. The van der Waals surface area contributed by atoms with Crippen LogP contribution in [0.15, 0.2) is 17.1 Å². The average molecular weight is 321 g/mol. The fourth-order valence-corrected chi connectivity index (χ4v) is 1.43. The monoisotopic (exact) mass is 320 g/mol. The third-order valence-electron chi connectivity index (χ3n) is 2.30. The standard InChI is InChI=1S/C10H12N4O3.Rb/c1-14-10(16)7(4-11-14)9(15)8-3-6(5-17-2)12-13-8;/h3-4H,5H2,1-2H3,(H2,11,12,13,15,16);/q;+1/p-1. The number of carbonyl (C=O) groups is 1. The number of aromatic amines is 1. The van der Waals surface area contributed by atoms with Crippen molar-refractivity contribution in [3.8, 4) is 0 Å². The van der Waals surface area contributed by atoms with Gasteiger partial charge in [0.2, 0.25) is 0 Å². The second-order valence-corrected chi connectivity index (χ2v) is 3.53. The molecule has 1 N–H and O–H groups in total. The van der Waals surface area contributed by atoms with E-state index in [2.05, 4.69) is 15.3 Å². The summed E-state index contributed by atoms with van der Waals surface area (Å²) >= 11 is 0. The molecule has 0 spiro atoms.